The van der Waals surface area contributed by atoms with E-state index in [1.165, 1.54) is 0 Å². The number of nitrogens with zero attached hydrogens (tertiary/aromatic N) is 2. The quantitative estimate of drug-likeness (QED) is 0.361. The molecule has 5 heteroatoms. The zero-order valence-electron chi connectivity index (χ0n) is 22.2. The van der Waals surface area contributed by atoms with Crippen LogP contribution in [0.5, 0.6) is 0 Å². The standard InChI is InChI=1S/C32H36N2O3/c1-5-33(6-2)27-17-15-25(16-18-27)30-29(28(35)19-14-24-10-8-7-9-11-24)31(36)32(37)34(30)21-26-20-22(3)12-13-23(26)4/h7-13,15-18,20,30,36H,5-6,14,19,21H2,1-4H3. The number of rotatable bonds is 10. The third-order valence-corrected chi connectivity index (χ3v) is 7.27. The van der Waals surface area contributed by atoms with Crippen LogP contribution in [0.1, 0.15) is 54.1 Å². The first kappa shape index (κ1) is 26.2. The third kappa shape index (κ3) is 5.61. The summed E-state index contributed by atoms with van der Waals surface area (Å²) in [4.78, 5) is 30.8. The van der Waals surface area contributed by atoms with Gasteiger partial charge in [0.05, 0.1) is 11.6 Å². The smallest absolute Gasteiger partial charge is 0.290 e. The number of Topliss-reactive ketones (excluding diaryl/α,β-unsaturated/α-hetero) is 1. The number of aliphatic hydroxyl groups excluding tert-OH is 1. The Bertz CT molecular complexity index is 1290. The maximum Gasteiger partial charge on any atom is 0.290 e. The maximum atomic E-state index is 13.5. The molecule has 1 unspecified atom stereocenters. The van der Waals surface area contributed by atoms with Crippen molar-refractivity contribution in [3.63, 3.8) is 0 Å². The van der Waals surface area contributed by atoms with Crippen molar-refractivity contribution in [3.05, 3.63) is 112 Å². The summed E-state index contributed by atoms with van der Waals surface area (Å²) in [5, 5.41) is 11.0. The molecular weight excluding hydrogens is 460 g/mol. The summed E-state index contributed by atoms with van der Waals surface area (Å²) in [6.45, 7) is 10.4. The highest BCUT2D eigenvalue weighted by atomic mass is 16.3. The lowest BCUT2D eigenvalue weighted by Gasteiger charge is -2.28. The first-order valence-electron chi connectivity index (χ1n) is 13.1. The number of carbonyl (C=O) groups excluding carboxylic acids is 2. The summed E-state index contributed by atoms with van der Waals surface area (Å²) >= 11 is 0. The minimum Gasteiger partial charge on any atom is -0.503 e. The molecule has 0 saturated heterocycles. The van der Waals surface area contributed by atoms with Gasteiger partial charge in [0.25, 0.3) is 5.91 Å². The lowest BCUT2D eigenvalue weighted by molar-refractivity contribution is -0.130. The molecule has 0 spiro atoms. The Labute approximate surface area is 220 Å². The molecule has 0 aromatic heterocycles. The summed E-state index contributed by atoms with van der Waals surface area (Å²) in [7, 11) is 0. The molecule has 192 valence electrons. The number of anilines is 1. The zero-order chi connectivity index (χ0) is 26.5. The van der Waals surface area contributed by atoms with Gasteiger partial charge in [-0.3, -0.25) is 9.59 Å². The molecule has 1 aliphatic rings. The van der Waals surface area contributed by atoms with Crippen LogP contribution in [0.15, 0.2) is 84.1 Å². The van der Waals surface area contributed by atoms with E-state index in [4.69, 9.17) is 0 Å². The fraction of sp³-hybridized carbons (Fsp3) is 0.312. The number of aliphatic hydroxyl groups is 1. The zero-order valence-corrected chi connectivity index (χ0v) is 22.2. The number of carbonyl (C=O) groups is 2. The predicted molar refractivity (Wildman–Crippen MR) is 149 cm³/mol. The van der Waals surface area contributed by atoms with Gasteiger partial charge in [0.1, 0.15) is 0 Å². The van der Waals surface area contributed by atoms with E-state index in [2.05, 4.69) is 24.8 Å². The molecule has 0 aliphatic carbocycles. The summed E-state index contributed by atoms with van der Waals surface area (Å²) in [6, 6.07) is 23.3. The first-order valence-corrected chi connectivity index (χ1v) is 13.1. The van der Waals surface area contributed by atoms with Crippen LogP contribution in [0.25, 0.3) is 0 Å². The van der Waals surface area contributed by atoms with Crippen molar-refractivity contribution in [1.82, 2.24) is 4.90 Å². The van der Waals surface area contributed by atoms with Crippen molar-refractivity contribution < 1.29 is 14.7 Å². The van der Waals surface area contributed by atoms with Crippen molar-refractivity contribution in [1.29, 1.82) is 0 Å². The van der Waals surface area contributed by atoms with Crippen molar-refractivity contribution in [2.24, 2.45) is 0 Å². The predicted octanol–water partition coefficient (Wildman–Crippen LogP) is 6.25. The molecule has 5 nitrogen and oxygen atoms in total. The van der Waals surface area contributed by atoms with E-state index in [1.54, 1.807) is 4.90 Å². The van der Waals surface area contributed by atoms with Gasteiger partial charge in [-0.15, -0.1) is 0 Å². The lowest BCUT2D eigenvalue weighted by Crippen LogP contribution is -2.31. The van der Waals surface area contributed by atoms with E-state index in [0.29, 0.717) is 13.0 Å². The molecule has 0 saturated carbocycles. The Morgan fingerprint density at radius 1 is 0.946 bits per heavy atom. The van der Waals surface area contributed by atoms with Crippen LogP contribution in [-0.2, 0) is 22.6 Å². The number of ketones is 1. The topological polar surface area (TPSA) is 60.9 Å². The van der Waals surface area contributed by atoms with Crippen LogP contribution >= 0.6 is 0 Å². The van der Waals surface area contributed by atoms with Crippen LogP contribution in [0, 0.1) is 13.8 Å². The summed E-state index contributed by atoms with van der Waals surface area (Å²) in [5.41, 5.74) is 6.32. The highest BCUT2D eigenvalue weighted by molar-refractivity contribution is 6.09. The second-order valence-corrected chi connectivity index (χ2v) is 9.70. The molecule has 3 aromatic rings. The van der Waals surface area contributed by atoms with Crippen molar-refractivity contribution in [2.75, 3.05) is 18.0 Å². The van der Waals surface area contributed by atoms with Crippen LogP contribution in [0.3, 0.4) is 0 Å². The Morgan fingerprint density at radius 2 is 1.62 bits per heavy atom. The second-order valence-electron chi connectivity index (χ2n) is 9.70. The van der Waals surface area contributed by atoms with E-state index < -0.39 is 17.7 Å². The van der Waals surface area contributed by atoms with Gasteiger partial charge in [-0.25, -0.2) is 0 Å². The van der Waals surface area contributed by atoms with E-state index in [0.717, 1.165) is 46.6 Å². The van der Waals surface area contributed by atoms with Gasteiger partial charge in [-0.2, -0.15) is 0 Å². The summed E-state index contributed by atoms with van der Waals surface area (Å²) in [6.07, 6.45) is 0.775. The molecule has 1 atom stereocenters. The second kappa shape index (κ2) is 11.5. The number of hydrogen-bond donors (Lipinski definition) is 1. The fourth-order valence-corrected chi connectivity index (χ4v) is 5.10. The molecular formula is C32H36N2O3. The summed E-state index contributed by atoms with van der Waals surface area (Å²) in [5.74, 6) is -1.13. The first-order chi connectivity index (χ1) is 17.8. The summed E-state index contributed by atoms with van der Waals surface area (Å²) < 4.78 is 0. The molecule has 3 aromatic carbocycles. The fourth-order valence-electron chi connectivity index (χ4n) is 5.10. The highest BCUT2D eigenvalue weighted by Crippen LogP contribution is 2.40. The monoisotopic (exact) mass is 496 g/mol. The van der Waals surface area contributed by atoms with Gasteiger partial charge in [-0.05, 0) is 68.5 Å². The number of aryl methyl sites for hydroxylation is 3. The number of hydrogen-bond acceptors (Lipinski definition) is 4. The molecule has 0 radical (unpaired) electrons. The van der Waals surface area contributed by atoms with Gasteiger partial charge in [-0.1, -0.05) is 66.2 Å². The normalized spacial score (nSPS) is 15.4. The van der Waals surface area contributed by atoms with Crippen LogP contribution in [0.4, 0.5) is 5.69 Å². The molecule has 1 N–H and O–H groups in total. The van der Waals surface area contributed by atoms with E-state index in [9.17, 15) is 14.7 Å². The van der Waals surface area contributed by atoms with Crippen molar-refractivity contribution >= 4 is 17.4 Å². The average molecular weight is 497 g/mol. The van der Waals surface area contributed by atoms with E-state index in [1.807, 2.05) is 80.6 Å². The maximum absolute atomic E-state index is 13.5. The largest absolute Gasteiger partial charge is 0.503 e. The van der Waals surface area contributed by atoms with Gasteiger partial charge in [0.2, 0.25) is 0 Å². The van der Waals surface area contributed by atoms with Crippen LogP contribution in [0.2, 0.25) is 0 Å². The molecule has 37 heavy (non-hydrogen) atoms. The number of amides is 1. The molecule has 4 rings (SSSR count). The minimum absolute atomic E-state index is 0.196. The Morgan fingerprint density at radius 3 is 2.27 bits per heavy atom. The third-order valence-electron chi connectivity index (χ3n) is 7.27. The van der Waals surface area contributed by atoms with E-state index >= 15 is 0 Å². The Hall–Kier alpha value is -3.86. The highest BCUT2D eigenvalue weighted by Gasteiger charge is 2.43. The van der Waals surface area contributed by atoms with Gasteiger partial charge < -0.3 is 14.9 Å². The minimum atomic E-state index is -0.638. The average Bonchev–Trinajstić information content (AvgIpc) is 3.16. The lowest BCUT2D eigenvalue weighted by atomic mass is 9.92. The molecule has 0 fully saturated rings. The Balaban J connectivity index is 1.70. The van der Waals surface area contributed by atoms with Crippen LogP contribution < -0.4 is 4.90 Å². The SMILES string of the molecule is CCN(CC)c1ccc(C2C(C(=O)CCc3ccccc3)=C(O)C(=O)N2Cc2cc(C)ccc2C)cc1. The van der Waals surface area contributed by atoms with Gasteiger partial charge in [0, 0.05) is 31.7 Å². The van der Waals surface area contributed by atoms with Gasteiger partial charge in [0.15, 0.2) is 11.5 Å². The molecule has 0 bridgehead atoms. The Kier molecular flexibility index (Phi) is 8.12. The number of benzene rings is 3. The molecule has 1 amide bonds. The van der Waals surface area contributed by atoms with Gasteiger partial charge >= 0.3 is 0 Å². The molecule has 1 aliphatic heterocycles. The van der Waals surface area contributed by atoms with Crippen molar-refractivity contribution in [3.8, 4) is 0 Å². The molecule has 1 heterocycles. The van der Waals surface area contributed by atoms with Crippen molar-refractivity contribution in [2.45, 2.75) is 53.1 Å². The van der Waals surface area contributed by atoms with Crippen LogP contribution in [-0.4, -0.2) is 34.8 Å². The van der Waals surface area contributed by atoms with E-state index in [-0.39, 0.29) is 17.8 Å².